The Morgan fingerprint density at radius 2 is 1.43 bits per heavy atom. The van der Waals surface area contributed by atoms with Crippen LogP contribution < -0.4 is 4.74 Å². The summed E-state index contributed by atoms with van der Waals surface area (Å²) in [7, 11) is 0. The summed E-state index contributed by atoms with van der Waals surface area (Å²) in [5.74, 6) is 0.616. The molecule has 0 saturated heterocycles. The zero-order valence-electron chi connectivity index (χ0n) is 22.3. The molecule has 0 aliphatic heterocycles. The number of unbranched alkanes of at least 4 members (excludes halogenated alkanes) is 8. The van der Waals surface area contributed by atoms with Crippen molar-refractivity contribution < 1.29 is 9.53 Å². The van der Waals surface area contributed by atoms with Crippen LogP contribution in [0.1, 0.15) is 105 Å². The lowest BCUT2D eigenvalue weighted by molar-refractivity contribution is 0.0734. The van der Waals surface area contributed by atoms with Crippen molar-refractivity contribution in [2.75, 3.05) is 0 Å². The Balaban J connectivity index is 1.54. The van der Waals surface area contributed by atoms with Crippen molar-refractivity contribution in [1.82, 2.24) is 9.97 Å². The number of rotatable bonds is 15. The number of nitrogens with zero attached hydrogens (tertiary/aromatic N) is 3. The van der Waals surface area contributed by atoms with Crippen LogP contribution in [0.25, 0.3) is 11.4 Å². The summed E-state index contributed by atoms with van der Waals surface area (Å²) in [5, 5.41) is 9.59. The van der Waals surface area contributed by atoms with E-state index in [-0.39, 0.29) is 0 Å². The third-order valence-electron chi connectivity index (χ3n) is 6.61. The SMILES string of the molecule is CCCCCCCCc1ccc(C(=O)Oc2ccc(-c3ncc(CCCCCC)cn3)cc2)cc1C#N. The third-order valence-corrected chi connectivity index (χ3v) is 6.61. The van der Waals surface area contributed by atoms with Crippen LogP contribution in [0.5, 0.6) is 5.75 Å². The van der Waals surface area contributed by atoms with Gasteiger partial charge >= 0.3 is 5.97 Å². The van der Waals surface area contributed by atoms with E-state index in [1.165, 1.54) is 51.4 Å². The molecule has 37 heavy (non-hydrogen) atoms. The molecule has 0 aliphatic carbocycles. The molecule has 0 bridgehead atoms. The topological polar surface area (TPSA) is 75.9 Å². The Morgan fingerprint density at radius 3 is 2.11 bits per heavy atom. The van der Waals surface area contributed by atoms with Crippen LogP contribution in [0.4, 0.5) is 0 Å². The van der Waals surface area contributed by atoms with Crippen LogP contribution in [0.2, 0.25) is 0 Å². The second-order valence-electron chi connectivity index (χ2n) is 9.64. The van der Waals surface area contributed by atoms with Crippen molar-refractivity contribution in [3.8, 4) is 23.2 Å². The third kappa shape index (κ3) is 9.13. The smallest absolute Gasteiger partial charge is 0.343 e. The molecule has 194 valence electrons. The minimum atomic E-state index is -0.473. The van der Waals surface area contributed by atoms with E-state index in [1.807, 2.05) is 30.6 Å². The molecule has 0 radical (unpaired) electrons. The molecule has 0 spiro atoms. The van der Waals surface area contributed by atoms with E-state index >= 15 is 0 Å². The lowest BCUT2D eigenvalue weighted by Gasteiger charge is -2.08. The number of benzene rings is 2. The van der Waals surface area contributed by atoms with Crippen LogP contribution in [-0.2, 0) is 12.8 Å². The number of nitriles is 1. The van der Waals surface area contributed by atoms with E-state index in [2.05, 4.69) is 29.9 Å². The van der Waals surface area contributed by atoms with Crippen LogP contribution in [-0.4, -0.2) is 15.9 Å². The fourth-order valence-corrected chi connectivity index (χ4v) is 4.35. The lowest BCUT2D eigenvalue weighted by Crippen LogP contribution is -2.09. The maximum Gasteiger partial charge on any atom is 0.343 e. The summed E-state index contributed by atoms with van der Waals surface area (Å²) in [5.41, 5.74) is 3.93. The fourth-order valence-electron chi connectivity index (χ4n) is 4.35. The first kappa shape index (κ1) is 28.1. The maximum atomic E-state index is 12.7. The standard InChI is InChI=1S/C32H39N3O2/c1-3-5-7-9-10-12-14-26-15-16-28(21-29(26)22-33)32(36)37-30-19-17-27(18-20-30)31-34-23-25(24-35-31)13-11-8-6-4-2/h15-21,23-24H,3-14H2,1-2H3. The van der Waals surface area contributed by atoms with Gasteiger partial charge in [0.1, 0.15) is 5.75 Å². The predicted octanol–water partition coefficient (Wildman–Crippen LogP) is 8.26. The molecule has 3 aromatic rings. The minimum Gasteiger partial charge on any atom is -0.423 e. The van der Waals surface area contributed by atoms with Crippen LogP contribution >= 0.6 is 0 Å². The second-order valence-corrected chi connectivity index (χ2v) is 9.64. The van der Waals surface area contributed by atoms with Gasteiger partial charge in [-0.2, -0.15) is 5.26 Å². The highest BCUT2D eigenvalue weighted by molar-refractivity contribution is 5.91. The van der Waals surface area contributed by atoms with Gasteiger partial charge in [0.05, 0.1) is 17.2 Å². The molecule has 0 N–H and O–H groups in total. The Bertz CT molecular complexity index is 1150. The van der Waals surface area contributed by atoms with E-state index < -0.39 is 5.97 Å². The van der Waals surface area contributed by atoms with Gasteiger partial charge in [0.15, 0.2) is 5.82 Å². The first-order valence-electron chi connectivity index (χ1n) is 13.8. The van der Waals surface area contributed by atoms with Gasteiger partial charge in [-0.05, 0) is 73.2 Å². The summed E-state index contributed by atoms with van der Waals surface area (Å²) < 4.78 is 5.56. The molecule has 0 unspecified atom stereocenters. The molecule has 0 atom stereocenters. The molecule has 1 aromatic heterocycles. The van der Waals surface area contributed by atoms with Gasteiger partial charge in [0.25, 0.3) is 0 Å². The van der Waals surface area contributed by atoms with Gasteiger partial charge in [0, 0.05) is 18.0 Å². The quantitative estimate of drug-likeness (QED) is 0.120. The van der Waals surface area contributed by atoms with Gasteiger partial charge in [-0.15, -0.1) is 0 Å². The number of esters is 1. The van der Waals surface area contributed by atoms with Crippen molar-refractivity contribution in [3.63, 3.8) is 0 Å². The van der Waals surface area contributed by atoms with Gasteiger partial charge in [-0.25, -0.2) is 14.8 Å². The summed E-state index contributed by atoms with van der Waals surface area (Å²) in [6.07, 6.45) is 17.8. The molecule has 5 nitrogen and oxygen atoms in total. The number of aromatic nitrogens is 2. The molecule has 0 saturated carbocycles. The van der Waals surface area contributed by atoms with Crippen molar-refractivity contribution >= 4 is 5.97 Å². The van der Waals surface area contributed by atoms with Crippen LogP contribution in [0.3, 0.4) is 0 Å². The zero-order chi connectivity index (χ0) is 26.3. The molecular formula is C32H39N3O2. The largest absolute Gasteiger partial charge is 0.423 e. The second kappa shape index (κ2) is 15.6. The van der Waals surface area contributed by atoms with Crippen molar-refractivity contribution in [1.29, 1.82) is 5.26 Å². The summed E-state index contributed by atoms with van der Waals surface area (Å²) in [6.45, 7) is 4.43. The number of ether oxygens (including phenoxy) is 1. The van der Waals surface area contributed by atoms with Crippen molar-refractivity contribution in [3.05, 3.63) is 77.1 Å². The Hall–Kier alpha value is -3.52. The average Bonchev–Trinajstić information content (AvgIpc) is 2.94. The van der Waals surface area contributed by atoms with E-state index in [1.54, 1.807) is 24.3 Å². The molecule has 2 aromatic carbocycles. The van der Waals surface area contributed by atoms with Gasteiger partial charge in [-0.1, -0.05) is 71.3 Å². The lowest BCUT2D eigenvalue weighted by atomic mass is 9.99. The van der Waals surface area contributed by atoms with Crippen LogP contribution in [0.15, 0.2) is 54.9 Å². The molecule has 0 amide bonds. The Kier molecular flexibility index (Phi) is 11.8. The molecule has 1 heterocycles. The highest BCUT2D eigenvalue weighted by Crippen LogP contribution is 2.22. The number of carbonyl (C=O) groups is 1. The highest BCUT2D eigenvalue weighted by Gasteiger charge is 2.13. The highest BCUT2D eigenvalue weighted by atomic mass is 16.5. The minimum absolute atomic E-state index is 0.380. The van der Waals surface area contributed by atoms with Crippen molar-refractivity contribution in [2.45, 2.75) is 90.9 Å². The van der Waals surface area contributed by atoms with Crippen LogP contribution in [0, 0.1) is 11.3 Å². The number of hydrogen-bond acceptors (Lipinski definition) is 5. The van der Waals surface area contributed by atoms with Gasteiger partial charge < -0.3 is 4.74 Å². The number of carbonyl (C=O) groups excluding carboxylic acids is 1. The van der Waals surface area contributed by atoms with Gasteiger partial charge in [-0.3, -0.25) is 0 Å². The molecular weight excluding hydrogens is 458 g/mol. The summed E-state index contributed by atoms with van der Waals surface area (Å²) >= 11 is 0. The van der Waals surface area contributed by atoms with E-state index in [0.29, 0.717) is 22.7 Å². The average molecular weight is 498 g/mol. The van der Waals surface area contributed by atoms with Gasteiger partial charge in [0.2, 0.25) is 0 Å². The monoisotopic (exact) mass is 497 g/mol. The predicted molar refractivity (Wildman–Crippen MR) is 149 cm³/mol. The summed E-state index contributed by atoms with van der Waals surface area (Å²) in [4.78, 5) is 21.7. The van der Waals surface area contributed by atoms with E-state index in [4.69, 9.17) is 4.74 Å². The fraction of sp³-hybridized carbons (Fsp3) is 0.438. The molecule has 3 rings (SSSR count). The molecule has 0 fully saturated rings. The number of aryl methyl sites for hydroxylation is 2. The normalized spacial score (nSPS) is 10.7. The Morgan fingerprint density at radius 1 is 0.811 bits per heavy atom. The molecule has 5 heteroatoms. The zero-order valence-corrected chi connectivity index (χ0v) is 22.3. The first-order valence-corrected chi connectivity index (χ1v) is 13.8. The van der Waals surface area contributed by atoms with E-state index in [9.17, 15) is 10.1 Å². The maximum absolute atomic E-state index is 12.7. The van der Waals surface area contributed by atoms with Crippen molar-refractivity contribution in [2.24, 2.45) is 0 Å². The summed E-state index contributed by atoms with van der Waals surface area (Å²) in [6, 6.07) is 14.7. The first-order chi connectivity index (χ1) is 18.1. The Labute approximate surface area is 221 Å². The molecule has 0 aliphatic rings. The number of hydrogen-bond donors (Lipinski definition) is 0. The van der Waals surface area contributed by atoms with E-state index in [0.717, 1.165) is 42.4 Å².